The number of thioether (sulfide) groups is 1. The first kappa shape index (κ1) is 11.5. The van der Waals surface area contributed by atoms with Gasteiger partial charge < -0.3 is 0 Å². The van der Waals surface area contributed by atoms with Crippen molar-refractivity contribution in [2.24, 2.45) is 0 Å². The van der Waals surface area contributed by atoms with Crippen molar-refractivity contribution < 1.29 is 4.79 Å². The van der Waals surface area contributed by atoms with Crippen LogP contribution in [-0.4, -0.2) is 11.5 Å². The summed E-state index contributed by atoms with van der Waals surface area (Å²) in [4.78, 5) is 12.1. The number of hydrogen-bond donors (Lipinski definition) is 0. The van der Waals surface area contributed by atoms with Gasteiger partial charge in [-0.1, -0.05) is 34.6 Å². The molecule has 3 heteroatoms. The van der Waals surface area contributed by atoms with E-state index in [1.54, 1.807) is 18.7 Å². The highest BCUT2D eigenvalue weighted by Crippen LogP contribution is 2.22. The number of rotatable bonds is 4. The highest BCUT2D eigenvalue weighted by molar-refractivity contribution is 9.11. The molecular weight excluding hydrogens is 260 g/mol. The average molecular weight is 271 g/mol. The van der Waals surface area contributed by atoms with Gasteiger partial charge in [0.05, 0.1) is 0 Å². The Morgan fingerprint density at radius 2 is 2.00 bits per heavy atom. The molecule has 0 heterocycles. The van der Waals surface area contributed by atoms with E-state index >= 15 is 0 Å². The van der Waals surface area contributed by atoms with Crippen molar-refractivity contribution in [2.75, 3.05) is 5.75 Å². The molecule has 0 radical (unpaired) electrons. The van der Waals surface area contributed by atoms with E-state index in [0.29, 0.717) is 0 Å². The van der Waals surface area contributed by atoms with Crippen molar-refractivity contribution in [1.29, 1.82) is 0 Å². The zero-order chi connectivity index (χ0) is 10.6. The Morgan fingerprint density at radius 3 is 2.43 bits per heavy atom. The topological polar surface area (TPSA) is 17.1 Å². The third-order valence-corrected chi connectivity index (χ3v) is 3.41. The fraction of sp³-hybridized carbons (Fsp3) is 0.182. The summed E-state index contributed by atoms with van der Waals surface area (Å²) in [5, 5.41) is 0. The minimum absolute atomic E-state index is 0.103. The van der Waals surface area contributed by atoms with Crippen molar-refractivity contribution in [3.8, 4) is 0 Å². The standard InChI is InChI=1S/C11H11BrOS/c1-8(12)7-14-11-5-3-10(4-6-11)9(2)13/h3-6H,1,7H2,2H3. The van der Waals surface area contributed by atoms with Gasteiger partial charge in [0.1, 0.15) is 0 Å². The Balaban J connectivity index is 2.64. The number of ketones is 1. The molecule has 1 rings (SSSR count). The smallest absolute Gasteiger partial charge is 0.159 e. The van der Waals surface area contributed by atoms with Crippen molar-refractivity contribution in [3.63, 3.8) is 0 Å². The van der Waals surface area contributed by atoms with Crippen LogP contribution in [0.5, 0.6) is 0 Å². The van der Waals surface area contributed by atoms with Crippen molar-refractivity contribution in [1.82, 2.24) is 0 Å². The Labute approximate surface area is 96.7 Å². The molecule has 0 aliphatic carbocycles. The number of Topliss-reactive ketones (excluding diaryl/α,β-unsaturated/α-hetero) is 1. The molecule has 0 N–H and O–H groups in total. The molecule has 14 heavy (non-hydrogen) atoms. The van der Waals surface area contributed by atoms with Crippen LogP contribution in [0.1, 0.15) is 17.3 Å². The molecule has 0 saturated carbocycles. The van der Waals surface area contributed by atoms with Crippen LogP contribution in [0.2, 0.25) is 0 Å². The molecule has 1 aromatic carbocycles. The molecule has 0 fully saturated rings. The molecule has 0 atom stereocenters. The first-order valence-corrected chi connectivity index (χ1v) is 5.94. The van der Waals surface area contributed by atoms with Gasteiger partial charge in [0, 0.05) is 16.2 Å². The van der Waals surface area contributed by atoms with Crippen LogP contribution in [0.4, 0.5) is 0 Å². The van der Waals surface area contributed by atoms with E-state index in [9.17, 15) is 4.79 Å². The summed E-state index contributed by atoms with van der Waals surface area (Å²) in [6.45, 7) is 5.33. The molecule has 0 bridgehead atoms. The highest BCUT2D eigenvalue weighted by Gasteiger charge is 1.99. The van der Waals surface area contributed by atoms with Gasteiger partial charge in [-0.25, -0.2) is 0 Å². The molecule has 0 aliphatic heterocycles. The van der Waals surface area contributed by atoms with E-state index in [2.05, 4.69) is 22.5 Å². The van der Waals surface area contributed by atoms with Gasteiger partial charge in [-0.2, -0.15) is 0 Å². The summed E-state index contributed by atoms with van der Waals surface area (Å²) in [6.07, 6.45) is 0. The van der Waals surface area contributed by atoms with E-state index in [0.717, 1.165) is 20.7 Å². The third kappa shape index (κ3) is 3.68. The van der Waals surface area contributed by atoms with Gasteiger partial charge in [-0.3, -0.25) is 4.79 Å². The number of carbonyl (C=O) groups excluding carboxylic acids is 1. The van der Waals surface area contributed by atoms with Crippen LogP contribution >= 0.6 is 27.7 Å². The van der Waals surface area contributed by atoms with Gasteiger partial charge in [0.15, 0.2) is 5.78 Å². The summed E-state index contributed by atoms with van der Waals surface area (Å²) in [6, 6.07) is 7.61. The number of hydrogen-bond acceptors (Lipinski definition) is 2. The van der Waals surface area contributed by atoms with Gasteiger partial charge in [-0.05, 0) is 23.5 Å². The van der Waals surface area contributed by atoms with Gasteiger partial charge in [-0.15, -0.1) is 11.8 Å². The Bertz CT molecular complexity index is 343. The van der Waals surface area contributed by atoms with E-state index < -0.39 is 0 Å². The summed E-state index contributed by atoms with van der Waals surface area (Å²) < 4.78 is 0.971. The second-order valence-corrected chi connectivity index (χ2v) is 5.06. The maximum Gasteiger partial charge on any atom is 0.159 e. The monoisotopic (exact) mass is 270 g/mol. The first-order chi connectivity index (χ1) is 6.59. The van der Waals surface area contributed by atoms with Crippen LogP contribution in [0.25, 0.3) is 0 Å². The molecule has 0 saturated heterocycles. The molecule has 0 amide bonds. The van der Waals surface area contributed by atoms with Crippen molar-refractivity contribution >= 4 is 33.5 Å². The Morgan fingerprint density at radius 1 is 1.43 bits per heavy atom. The lowest BCUT2D eigenvalue weighted by Crippen LogP contribution is -1.90. The largest absolute Gasteiger partial charge is 0.295 e. The zero-order valence-electron chi connectivity index (χ0n) is 7.92. The van der Waals surface area contributed by atoms with Crippen LogP contribution in [0.3, 0.4) is 0 Å². The molecule has 0 spiro atoms. The Hall–Kier alpha value is -0.540. The van der Waals surface area contributed by atoms with Crippen LogP contribution in [0, 0.1) is 0 Å². The Kier molecular flexibility index (Phi) is 4.42. The average Bonchev–Trinajstić information content (AvgIpc) is 2.15. The molecule has 1 nitrogen and oxygen atoms in total. The minimum Gasteiger partial charge on any atom is -0.295 e. The minimum atomic E-state index is 0.103. The van der Waals surface area contributed by atoms with Gasteiger partial charge in [0.2, 0.25) is 0 Å². The van der Waals surface area contributed by atoms with Crippen molar-refractivity contribution in [3.05, 3.63) is 40.9 Å². The highest BCUT2D eigenvalue weighted by atomic mass is 79.9. The van der Waals surface area contributed by atoms with Crippen LogP contribution in [-0.2, 0) is 0 Å². The molecular formula is C11H11BrOS. The first-order valence-electron chi connectivity index (χ1n) is 4.16. The fourth-order valence-electron chi connectivity index (χ4n) is 0.948. The predicted molar refractivity (Wildman–Crippen MR) is 65.2 cm³/mol. The quantitative estimate of drug-likeness (QED) is 0.610. The lowest BCUT2D eigenvalue weighted by atomic mass is 10.2. The summed E-state index contributed by atoms with van der Waals surface area (Å²) in [5.41, 5.74) is 0.756. The normalized spacial score (nSPS) is 9.86. The summed E-state index contributed by atoms with van der Waals surface area (Å²) >= 11 is 4.99. The van der Waals surface area contributed by atoms with Crippen LogP contribution < -0.4 is 0 Å². The van der Waals surface area contributed by atoms with Crippen LogP contribution in [0.15, 0.2) is 40.2 Å². The second kappa shape index (κ2) is 5.37. The SMILES string of the molecule is C=C(Br)CSc1ccc(C(C)=O)cc1. The molecule has 0 aliphatic rings. The third-order valence-electron chi connectivity index (χ3n) is 1.66. The fourth-order valence-corrected chi connectivity index (χ4v) is 1.94. The lowest BCUT2D eigenvalue weighted by molar-refractivity contribution is 0.101. The van der Waals surface area contributed by atoms with E-state index in [-0.39, 0.29) is 5.78 Å². The van der Waals surface area contributed by atoms with Gasteiger partial charge in [0.25, 0.3) is 0 Å². The second-order valence-electron chi connectivity index (χ2n) is 2.89. The molecule has 0 unspecified atom stereocenters. The van der Waals surface area contributed by atoms with E-state index in [4.69, 9.17) is 0 Å². The summed E-state index contributed by atoms with van der Waals surface area (Å²) in [5.74, 6) is 0.950. The number of benzene rings is 1. The maximum atomic E-state index is 11.0. The summed E-state index contributed by atoms with van der Waals surface area (Å²) in [7, 11) is 0. The zero-order valence-corrected chi connectivity index (χ0v) is 10.3. The molecule has 74 valence electrons. The number of carbonyl (C=O) groups is 1. The number of halogens is 1. The molecule has 1 aromatic rings. The van der Waals surface area contributed by atoms with Gasteiger partial charge >= 0.3 is 0 Å². The molecule has 0 aromatic heterocycles. The predicted octanol–water partition coefficient (Wildman–Crippen LogP) is 3.89. The van der Waals surface area contributed by atoms with E-state index in [1.165, 1.54) is 0 Å². The van der Waals surface area contributed by atoms with E-state index in [1.807, 2.05) is 24.3 Å². The van der Waals surface area contributed by atoms with Crippen molar-refractivity contribution in [2.45, 2.75) is 11.8 Å². The maximum absolute atomic E-state index is 11.0. The lowest BCUT2D eigenvalue weighted by Gasteiger charge is -2.00.